The topological polar surface area (TPSA) is 12.0 Å². The molecule has 1 nitrogen and oxygen atoms in total. The van der Waals surface area contributed by atoms with Gasteiger partial charge in [0.2, 0.25) is 0 Å². The van der Waals surface area contributed by atoms with E-state index in [1.165, 1.54) is 44.4 Å². The normalized spacial score (nSPS) is 25.6. The molecule has 0 spiro atoms. The van der Waals surface area contributed by atoms with Gasteiger partial charge >= 0.3 is 0 Å². The average molecular weight is 229 g/mol. The van der Waals surface area contributed by atoms with E-state index in [2.05, 4.69) is 25.4 Å². The van der Waals surface area contributed by atoms with Crippen LogP contribution in [0.25, 0.3) is 0 Å². The minimum atomic E-state index is 0.845. The highest BCUT2D eigenvalue weighted by Gasteiger charge is 2.30. The Morgan fingerprint density at radius 3 is 2.53 bits per heavy atom. The van der Waals surface area contributed by atoms with Gasteiger partial charge in [0, 0.05) is 6.04 Å². The molecule has 1 N–H and O–H groups in total. The Hall–Kier alpha value is 0.310. The molecule has 0 heterocycles. The van der Waals surface area contributed by atoms with E-state index >= 15 is 0 Å². The van der Waals surface area contributed by atoms with Crippen LogP contribution in [0.15, 0.2) is 0 Å². The Morgan fingerprint density at radius 1 is 1.20 bits per heavy atom. The summed E-state index contributed by atoms with van der Waals surface area (Å²) in [5, 5.41) is 3.67. The minimum absolute atomic E-state index is 0.845. The van der Waals surface area contributed by atoms with Crippen LogP contribution in [-0.4, -0.2) is 24.6 Å². The smallest absolute Gasteiger partial charge is 0.00725 e. The Balaban J connectivity index is 1.82. The van der Waals surface area contributed by atoms with Crippen LogP contribution >= 0.6 is 11.8 Å². The first-order chi connectivity index (χ1) is 7.24. The lowest BCUT2D eigenvalue weighted by atomic mass is 9.74. The molecule has 0 saturated heterocycles. The molecule has 0 radical (unpaired) electrons. The molecule has 0 amide bonds. The number of nitrogens with one attached hydrogen (secondary N) is 1. The fourth-order valence-electron chi connectivity index (χ4n) is 2.23. The van der Waals surface area contributed by atoms with Gasteiger partial charge in [0.15, 0.2) is 0 Å². The van der Waals surface area contributed by atoms with Gasteiger partial charge in [0.1, 0.15) is 0 Å². The Bertz CT molecular complexity index is 153. The maximum Gasteiger partial charge on any atom is 0.00725 e. The monoisotopic (exact) mass is 229 g/mol. The summed E-state index contributed by atoms with van der Waals surface area (Å²) in [7, 11) is 0. The second-order valence-corrected chi connectivity index (χ2v) is 6.17. The van der Waals surface area contributed by atoms with E-state index in [9.17, 15) is 0 Å². The van der Waals surface area contributed by atoms with Crippen LogP contribution in [0.5, 0.6) is 0 Å². The molecular weight excluding hydrogens is 202 g/mol. The lowest BCUT2D eigenvalue weighted by Crippen LogP contribution is -2.43. The van der Waals surface area contributed by atoms with Gasteiger partial charge in [-0.3, -0.25) is 0 Å². The van der Waals surface area contributed by atoms with Crippen molar-refractivity contribution in [3.63, 3.8) is 0 Å². The third-order valence-electron chi connectivity index (χ3n) is 3.58. The molecular formula is C13H27NS. The lowest BCUT2D eigenvalue weighted by Gasteiger charge is -2.38. The van der Waals surface area contributed by atoms with Gasteiger partial charge in [-0.2, -0.15) is 11.8 Å². The van der Waals surface area contributed by atoms with Crippen LogP contribution < -0.4 is 5.32 Å². The molecule has 1 rings (SSSR count). The maximum absolute atomic E-state index is 3.67. The molecule has 1 aliphatic carbocycles. The third-order valence-corrected chi connectivity index (χ3v) is 4.27. The SMILES string of the molecule is CSCCCCCNC1CC(C(C)C)C1. The molecule has 15 heavy (non-hydrogen) atoms. The Labute approximate surface area is 99.8 Å². The summed E-state index contributed by atoms with van der Waals surface area (Å²) in [6, 6.07) is 0.845. The summed E-state index contributed by atoms with van der Waals surface area (Å²) >= 11 is 1.96. The van der Waals surface area contributed by atoms with E-state index in [1.807, 2.05) is 11.8 Å². The molecule has 0 aromatic carbocycles. The fourth-order valence-corrected chi connectivity index (χ4v) is 2.72. The number of unbranched alkanes of at least 4 members (excludes halogenated alkanes) is 2. The predicted octanol–water partition coefficient (Wildman–Crippen LogP) is 3.54. The zero-order valence-corrected chi connectivity index (χ0v) is 11.4. The van der Waals surface area contributed by atoms with E-state index in [0.717, 1.165) is 17.9 Å². The van der Waals surface area contributed by atoms with Crippen molar-refractivity contribution in [2.45, 2.75) is 52.0 Å². The second kappa shape index (κ2) is 7.56. The molecule has 0 unspecified atom stereocenters. The molecule has 1 aliphatic rings. The zero-order chi connectivity index (χ0) is 11.1. The van der Waals surface area contributed by atoms with Crippen LogP contribution in [0.2, 0.25) is 0 Å². The van der Waals surface area contributed by atoms with Gasteiger partial charge in [-0.05, 0) is 56.1 Å². The van der Waals surface area contributed by atoms with Crippen molar-refractivity contribution in [2.75, 3.05) is 18.6 Å². The van der Waals surface area contributed by atoms with Crippen LogP contribution in [-0.2, 0) is 0 Å². The van der Waals surface area contributed by atoms with Crippen LogP contribution in [0.3, 0.4) is 0 Å². The first kappa shape index (κ1) is 13.4. The van der Waals surface area contributed by atoms with E-state index in [0.29, 0.717) is 0 Å². The van der Waals surface area contributed by atoms with Gasteiger partial charge < -0.3 is 5.32 Å². The van der Waals surface area contributed by atoms with Crippen LogP contribution in [0.1, 0.15) is 46.0 Å². The van der Waals surface area contributed by atoms with Crippen molar-refractivity contribution in [1.82, 2.24) is 5.32 Å². The number of hydrogen-bond acceptors (Lipinski definition) is 2. The largest absolute Gasteiger partial charge is 0.314 e. The fraction of sp³-hybridized carbons (Fsp3) is 1.00. The molecule has 90 valence electrons. The zero-order valence-electron chi connectivity index (χ0n) is 10.6. The molecule has 1 saturated carbocycles. The first-order valence-electron chi connectivity index (χ1n) is 6.46. The first-order valence-corrected chi connectivity index (χ1v) is 7.85. The van der Waals surface area contributed by atoms with Crippen molar-refractivity contribution in [2.24, 2.45) is 11.8 Å². The molecule has 0 aromatic rings. The van der Waals surface area contributed by atoms with Gasteiger partial charge in [0.05, 0.1) is 0 Å². The van der Waals surface area contributed by atoms with E-state index in [1.54, 1.807) is 0 Å². The van der Waals surface area contributed by atoms with Gasteiger partial charge in [-0.25, -0.2) is 0 Å². The van der Waals surface area contributed by atoms with Gasteiger partial charge in [0.25, 0.3) is 0 Å². The molecule has 0 aromatic heterocycles. The van der Waals surface area contributed by atoms with Crippen LogP contribution in [0, 0.1) is 11.8 Å². The standard InChI is InChI=1S/C13H27NS/c1-11(2)12-9-13(10-12)14-7-5-4-6-8-15-3/h11-14H,4-10H2,1-3H3. The van der Waals surface area contributed by atoms with Crippen molar-refractivity contribution in [3.05, 3.63) is 0 Å². The quantitative estimate of drug-likeness (QED) is 0.639. The lowest BCUT2D eigenvalue weighted by molar-refractivity contribution is 0.168. The van der Waals surface area contributed by atoms with E-state index < -0.39 is 0 Å². The summed E-state index contributed by atoms with van der Waals surface area (Å²) < 4.78 is 0. The average Bonchev–Trinajstić information content (AvgIpc) is 2.12. The van der Waals surface area contributed by atoms with Crippen molar-refractivity contribution in [3.8, 4) is 0 Å². The van der Waals surface area contributed by atoms with E-state index in [4.69, 9.17) is 0 Å². The molecule has 2 heteroatoms. The summed E-state index contributed by atoms with van der Waals surface area (Å²) in [6.45, 7) is 5.94. The second-order valence-electron chi connectivity index (χ2n) is 5.18. The molecule has 0 bridgehead atoms. The highest BCUT2D eigenvalue weighted by molar-refractivity contribution is 7.98. The van der Waals surface area contributed by atoms with Gasteiger partial charge in [-0.1, -0.05) is 20.3 Å². The third kappa shape index (κ3) is 5.26. The summed E-state index contributed by atoms with van der Waals surface area (Å²) in [4.78, 5) is 0. The van der Waals surface area contributed by atoms with Crippen LogP contribution in [0.4, 0.5) is 0 Å². The maximum atomic E-state index is 3.67. The number of thioether (sulfide) groups is 1. The summed E-state index contributed by atoms with van der Waals surface area (Å²) in [5.74, 6) is 3.22. The highest BCUT2D eigenvalue weighted by atomic mass is 32.2. The van der Waals surface area contributed by atoms with Crippen molar-refractivity contribution in [1.29, 1.82) is 0 Å². The van der Waals surface area contributed by atoms with Crippen molar-refractivity contribution < 1.29 is 0 Å². The predicted molar refractivity (Wildman–Crippen MR) is 71.6 cm³/mol. The number of hydrogen-bond donors (Lipinski definition) is 1. The molecule has 0 atom stereocenters. The minimum Gasteiger partial charge on any atom is -0.314 e. The summed E-state index contributed by atoms with van der Waals surface area (Å²) in [5.41, 5.74) is 0. The number of rotatable bonds is 8. The Kier molecular flexibility index (Phi) is 6.74. The molecule has 0 aliphatic heterocycles. The Morgan fingerprint density at radius 2 is 1.93 bits per heavy atom. The van der Waals surface area contributed by atoms with Gasteiger partial charge in [-0.15, -0.1) is 0 Å². The van der Waals surface area contributed by atoms with Crippen molar-refractivity contribution >= 4 is 11.8 Å². The summed E-state index contributed by atoms with van der Waals surface area (Å²) in [6.07, 6.45) is 9.18. The molecule has 1 fully saturated rings. The highest BCUT2D eigenvalue weighted by Crippen LogP contribution is 2.33. The van der Waals surface area contributed by atoms with E-state index in [-0.39, 0.29) is 0 Å².